The number of piperidine rings is 1. The highest BCUT2D eigenvalue weighted by Gasteiger charge is 2.38. The minimum atomic E-state index is -0.278. The van der Waals surface area contributed by atoms with Crippen LogP contribution in [0.3, 0.4) is 0 Å². The average Bonchev–Trinajstić information content (AvgIpc) is 3.63. The molecule has 3 atom stereocenters. The van der Waals surface area contributed by atoms with E-state index in [1.165, 1.54) is 29.2 Å². The molecule has 0 aromatic heterocycles. The molecule has 2 heterocycles. The smallest absolute Gasteiger partial charge is 0.201 e. The summed E-state index contributed by atoms with van der Waals surface area (Å²) in [6.07, 6.45) is 8.29. The van der Waals surface area contributed by atoms with Gasteiger partial charge in [-0.2, -0.15) is 0 Å². The molecule has 1 aliphatic carbocycles. The van der Waals surface area contributed by atoms with E-state index in [1.54, 1.807) is 30.6 Å². The van der Waals surface area contributed by atoms with E-state index in [4.69, 9.17) is 4.74 Å². The average molecular weight is 451 g/mol. The lowest BCUT2D eigenvalue weighted by Gasteiger charge is -2.38. The second-order valence-corrected chi connectivity index (χ2v) is 9.19. The second kappa shape index (κ2) is 10.0. The van der Waals surface area contributed by atoms with Crippen LogP contribution in [0.25, 0.3) is 0 Å². The Kier molecular flexibility index (Phi) is 6.71. The molecule has 0 amide bonds. The Bertz CT molecular complexity index is 971. The second-order valence-electron chi connectivity index (χ2n) is 9.19. The van der Waals surface area contributed by atoms with E-state index < -0.39 is 0 Å². The Labute approximate surface area is 194 Å². The summed E-state index contributed by atoms with van der Waals surface area (Å²) in [7, 11) is 0. The molecular formula is C26H31FN4O2. The molecule has 2 aromatic carbocycles. The van der Waals surface area contributed by atoms with Crippen LogP contribution >= 0.6 is 0 Å². The summed E-state index contributed by atoms with van der Waals surface area (Å²) < 4.78 is 18.8. The minimum Gasteiger partial charge on any atom is -0.489 e. The maximum absolute atomic E-state index is 13.0. The van der Waals surface area contributed by atoms with Crippen LogP contribution < -0.4 is 10.1 Å². The van der Waals surface area contributed by atoms with E-state index in [0.717, 1.165) is 43.8 Å². The first-order chi connectivity index (χ1) is 16.2. The van der Waals surface area contributed by atoms with Gasteiger partial charge in [-0.15, -0.1) is 0 Å². The highest BCUT2D eigenvalue weighted by Crippen LogP contribution is 2.41. The van der Waals surface area contributed by atoms with Crippen molar-refractivity contribution in [2.45, 2.75) is 44.1 Å². The molecule has 6 nitrogen and oxygen atoms in total. The first-order valence-corrected chi connectivity index (χ1v) is 11.8. The summed E-state index contributed by atoms with van der Waals surface area (Å²) in [6.45, 7) is 3.39. The van der Waals surface area contributed by atoms with E-state index in [-0.39, 0.29) is 12.1 Å². The summed E-state index contributed by atoms with van der Waals surface area (Å²) in [4.78, 5) is 6.61. The van der Waals surface area contributed by atoms with E-state index in [0.29, 0.717) is 24.5 Å². The van der Waals surface area contributed by atoms with Crippen LogP contribution in [0.4, 0.5) is 4.39 Å². The number of likely N-dealkylation sites (tertiary alicyclic amines) is 1. The summed E-state index contributed by atoms with van der Waals surface area (Å²) in [6, 6.07) is 15.3. The van der Waals surface area contributed by atoms with Gasteiger partial charge in [-0.25, -0.2) is 9.45 Å². The molecule has 2 fully saturated rings. The fraction of sp³-hybridized carbons (Fsp3) is 0.423. The van der Waals surface area contributed by atoms with Gasteiger partial charge in [-0.05, 0) is 73.2 Å². The molecule has 7 heteroatoms. The topological polar surface area (TPSA) is 60.3 Å². The predicted octanol–water partition coefficient (Wildman–Crippen LogP) is 4.14. The normalized spacial score (nSPS) is 25.4. The molecule has 5 rings (SSSR count). The van der Waals surface area contributed by atoms with Crippen molar-refractivity contribution in [2.75, 3.05) is 19.6 Å². The van der Waals surface area contributed by atoms with Gasteiger partial charge in [0.2, 0.25) is 6.29 Å². The van der Waals surface area contributed by atoms with Gasteiger partial charge in [0.15, 0.2) is 0 Å². The molecule has 1 saturated carbocycles. The quantitative estimate of drug-likeness (QED) is 0.633. The summed E-state index contributed by atoms with van der Waals surface area (Å²) in [5.74, 6) is 1.84. The molecule has 2 N–H and O–H groups in total. The monoisotopic (exact) mass is 450 g/mol. The molecule has 0 radical (unpaired) electrons. The number of hydrogen-bond acceptors (Lipinski definition) is 6. The number of allylic oxidation sites excluding steroid dienone is 1. The Morgan fingerprint density at radius 3 is 2.55 bits per heavy atom. The largest absolute Gasteiger partial charge is 0.489 e. The Morgan fingerprint density at radius 2 is 1.82 bits per heavy atom. The third-order valence-corrected chi connectivity index (χ3v) is 6.84. The van der Waals surface area contributed by atoms with Crippen LogP contribution in [-0.4, -0.2) is 53.4 Å². The number of nitrogens with one attached hydrogen (secondary N) is 1. The van der Waals surface area contributed by atoms with Crippen LogP contribution in [0.1, 0.15) is 36.3 Å². The zero-order valence-corrected chi connectivity index (χ0v) is 18.7. The van der Waals surface area contributed by atoms with Crippen LogP contribution in [0.15, 0.2) is 65.8 Å². The highest BCUT2D eigenvalue weighted by molar-refractivity contribution is 5.71. The van der Waals surface area contributed by atoms with Crippen molar-refractivity contribution < 1.29 is 14.3 Å². The Morgan fingerprint density at radius 1 is 1.06 bits per heavy atom. The SMILES string of the molecule is ON1C=CC=NC1N1CCC(CNC2CC2c2ccc(OCc3ccc(F)cc3)cc2)CC1. The molecule has 0 bridgehead atoms. The van der Waals surface area contributed by atoms with Crippen LogP contribution in [-0.2, 0) is 6.61 Å². The number of hydroxylamine groups is 2. The van der Waals surface area contributed by atoms with Crippen LogP contribution in [0.2, 0.25) is 0 Å². The van der Waals surface area contributed by atoms with Crippen molar-refractivity contribution in [1.29, 1.82) is 0 Å². The number of nitrogens with zero attached hydrogens (tertiary/aromatic N) is 3. The summed E-state index contributed by atoms with van der Waals surface area (Å²) >= 11 is 0. The van der Waals surface area contributed by atoms with Crippen molar-refractivity contribution >= 4 is 6.21 Å². The molecule has 0 spiro atoms. The fourth-order valence-electron chi connectivity index (χ4n) is 4.71. The standard InChI is InChI=1S/C26H31FN4O2/c27-22-6-2-20(3-7-22)18-33-23-8-4-21(5-9-23)24-16-25(24)29-17-19-10-14-30(15-11-19)26-28-12-1-13-31(26)32/h1-9,12-13,19,24-26,29,32H,10-11,14-18H2. The van der Waals surface area contributed by atoms with Gasteiger partial charge < -0.3 is 10.1 Å². The molecule has 174 valence electrons. The maximum atomic E-state index is 13.0. The van der Waals surface area contributed by atoms with Crippen molar-refractivity contribution in [3.63, 3.8) is 0 Å². The highest BCUT2D eigenvalue weighted by atomic mass is 19.1. The zero-order valence-electron chi connectivity index (χ0n) is 18.7. The molecule has 2 aliphatic heterocycles. The minimum absolute atomic E-state index is 0.231. The lowest BCUT2D eigenvalue weighted by molar-refractivity contribution is -0.135. The molecule has 2 aromatic rings. The molecule has 3 aliphatic rings. The molecule has 3 unspecified atom stereocenters. The van der Waals surface area contributed by atoms with Crippen LogP contribution in [0, 0.1) is 11.7 Å². The third-order valence-electron chi connectivity index (χ3n) is 6.84. The van der Waals surface area contributed by atoms with E-state index in [9.17, 15) is 9.60 Å². The summed E-state index contributed by atoms with van der Waals surface area (Å²) in [5.41, 5.74) is 2.30. The fourth-order valence-corrected chi connectivity index (χ4v) is 4.71. The number of halogens is 1. The van der Waals surface area contributed by atoms with Gasteiger partial charge in [0.1, 0.15) is 18.2 Å². The number of ether oxygens (including phenoxy) is 1. The van der Waals surface area contributed by atoms with Gasteiger partial charge in [0.25, 0.3) is 0 Å². The van der Waals surface area contributed by atoms with Crippen molar-refractivity contribution in [3.05, 3.63) is 77.8 Å². The first-order valence-electron chi connectivity index (χ1n) is 11.8. The maximum Gasteiger partial charge on any atom is 0.201 e. The predicted molar refractivity (Wildman–Crippen MR) is 126 cm³/mol. The van der Waals surface area contributed by atoms with Crippen molar-refractivity contribution in [2.24, 2.45) is 10.9 Å². The first kappa shape index (κ1) is 22.1. The summed E-state index contributed by atoms with van der Waals surface area (Å²) in [5, 5.41) is 14.9. The van der Waals surface area contributed by atoms with E-state index in [1.807, 2.05) is 12.1 Å². The molecular weight excluding hydrogens is 419 g/mol. The van der Waals surface area contributed by atoms with Gasteiger partial charge in [0, 0.05) is 37.5 Å². The van der Waals surface area contributed by atoms with E-state index in [2.05, 4.69) is 27.3 Å². The van der Waals surface area contributed by atoms with Gasteiger partial charge in [-0.1, -0.05) is 24.3 Å². The zero-order chi connectivity index (χ0) is 22.6. The molecule has 1 saturated heterocycles. The lowest BCUT2D eigenvalue weighted by atomic mass is 9.96. The van der Waals surface area contributed by atoms with Crippen LogP contribution in [0.5, 0.6) is 5.75 Å². The van der Waals surface area contributed by atoms with E-state index >= 15 is 0 Å². The van der Waals surface area contributed by atoms with Crippen molar-refractivity contribution in [3.8, 4) is 5.75 Å². The van der Waals surface area contributed by atoms with Gasteiger partial charge >= 0.3 is 0 Å². The van der Waals surface area contributed by atoms with Gasteiger partial charge in [0.05, 0.1) is 0 Å². The van der Waals surface area contributed by atoms with Gasteiger partial charge in [-0.3, -0.25) is 15.1 Å². The number of benzene rings is 2. The number of hydrogen-bond donors (Lipinski definition) is 2. The Balaban J connectivity index is 1.02. The number of rotatable bonds is 8. The lowest BCUT2D eigenvalue weighted by Crippen LogP contribution is -2.49. The number of aliphatic imine (C=N–C) groups is 1. The Hall–Kier alpha value is -2.74. The van der Waals surface area contributed by atoms with Crippen molar-refractivity contribution in [1.82, 2.24) is 15.3 Å². The molecule has 33 heavy (non-hydrogen) atoms. The third kappa shape index (κ3) is 5.61.